The second kappa shape index (κ2) is 5.55. The van der Waals surface area contributed by atoms with Crippen LogP contribution in [0.3, 0.4) is 0 Å². The minimum absolute atomic E-state index is 0.107. The van der Waals surface area contributed by atoms with Crippen LogP contribution in [0.15, 0.2) is 42.7 Å². The first-order chi connectivity index (χ1) is 8.31. The first-order valence-electron chi connectivity index (χ1n) is 5.70. The molecule has 2 rings (SSSR count). The summed E-state index contributed by atoms with van der Waals surface area (Å²) in [5.74, 6) is 0.886. The highest BCUT2D eigenvalue weighted by molar-refractivity contribution is 5.27. The summed E-state index contributed by atoms with van der Waals surface area (Å²) >= 11 is 0. The van der Waals surface area contributed by atoms with Gasteiger partial charge in [-0.3, -0.25) is 0 Å². The number of rotatable bonds is 5. The lowest BCUT2D eigenvalue weighted by Gasteiger charge is -2.04. The van der Waals surface area contributed by atoms with Gasteiger partial charge in [0.1, 0.15) is 5.75 Å². The maximum Gasteiger partial charge on any atom is 0.118 e. The molecule has 0 fully saturated rings. The number of ether oxygens (including phenoxy) is 1. The van der Waals surface area contributed by atoms with E-state index >= 15 is 0 Å². The van der Waals surface area contributed by atoms with Crippen molar-refractivity contribution >= 4 is 0 Å². The lowest BCUT2D eigenvalue weighted by atomic mass is 10.1. The topological polar surface area (TPSA) is 34.4 Å². The fourth-order valence-electron chi connectivity index (χ4n) is 1.77. The number of methoxy groups -OCH3 is 1. The van der Waals surface area contributed by atoms with E-state index in [1.807, 2.05) is 30.6 Å². The molecule has 0 aliphatic rings. The Morgan fingerprint density at radius 2 is 1.88 bits per heavy atom. The fraction of sp³-hybridized carbons (Fsp3) is 0.286. The van der Waals surface area contributed by atoms with E-state index in [-0.39, 0.29) is 6.61 Å². The van der Waals surface area contributed by atoms with Crippen molar-refractivity contribution in [3.8, 4) is 5.75 Å². The van der Waals surface area contributed by atoms with E-state index in [2.05, 4.69) is 16.7 Å². The van der Waals surface area contributed by atoms with Crippen LogP contribution in [-0.4, -0.2) is 16.8 Å². The summed E-state index contributed by atoms with van der Waals surface area (Å²) in [6, 6.07) is 10.0. The first-order valence-corrected chi connectivity index (χ1v) is 5.70. The lowest BCUT2D eigenvalue weighted by molar-refractivity contribution is 0.281. The van der Waals surface area contributed by atoms with Crippen molar-refractivity contribution in [3.63, 3.8) is 0 Å². The zero-order valence-electron chi connectivity index (χ0n) is 9.97. The number of hydrogen-bond acceptors (Lipinski definition) is 2. The van der Waals surface area contributed by atoms with Gasteiger partial charge in [0.05, 0.1) is 13.7 Å². The SMILES string of the molecule is COc1ccc(CCn2ccc(CO)c2)cc1. The van der Waals surface area contributed by atoms with Crippen molar-refractivity contribution in [2.45, 2.75) is 19.6 Å². The average Bonchev–Trinajstić information content (AvgIpc) is 2.85. The van der Waals surface area contributed by atoms with Crippen LogP contribution in [0.5, 0.6) is 5.75 Å². The number of aliphatic hydroxyl groups excluding tert-OH is 1. The second-order valence-corrected chi connectivity index (χ2v) is 4.01. The summed E-state index contributed by atoms with van der Waals surface area (Å²) in [6.45, 7) is 1.03. The molecule has 0 saturated carbocycles. The van der Waals surface area contributed by atoms with Crippen molar-refractivity contribution in [3.05, 3.63) is 53.9 Å². The van der Waals surface area contributed by atoms with Crippen LogP contribution in [-0.2, 0) is 19.6 Å². The van der Waals surface area contributed by atoms with Gasteiger partial charge in [0, 0.05) is 18.9 Å². The molecule has 3 heteroatoms. The van der Waals surface area contributed by atoms with Gasteiger partial charge in [-0.25, -0.2) is 0 Å². The summed E-state index contributed by atoms with van der Waals surface area (Å²) in [5, 5.41) is 8.97. The van der Waals surface area contributed by atoms with Crippen molar-refractivity contribution in [2.75, 3.05) is 7.11 Å². The van der Waals surface area contributed by atoms with Gasteiger partial charge in [-0.15, -0.1) is 0 Å². The molecule has 0 atom stereocenters. The molecule has 3 nitrogen and oxygen atoms in total. The predicted molar refractivity (Wildman–Crippen MR) is 67.1 cm³/mol. The van der Waals surface area contributed by atoms with Crippen molar-refractivity contribution in [1.29, 1.82) is 0 Å². The first kappa shape index (κ1) is 11.7. The Hall–Kier alpha value is -1.74. The van der Waals surface area contributed by atoms with Gasteiger partial charge in [-0.1, -0.05) is 12.1 Å². The maximum atomic E-state index is 8.97. The minimum atomic E-state index is 0.107. The molecule has 0 bridgehead atoms. The molecule has 0 aliphatic carbocycles. The van der Waals surface area contributed by atoms with Gasteiger partial charge in [-0.2, -0.15) is 0 Å². The number of aromatic nitrogens is 1. The summed E-state index contributed by atoms with van der Waals surface area (Å²) in [5.41, 5.74) is 2.24. The molecule has 1 aromatic carbocycles. The summed E-state index contributed by atoms with van der Waals surface area (Å²) in [7, 11) is 1.67. The molecule has 0 saturated heterocycles. The van der Waals surface area contributed by atoms with Crippen LogP contribution in [0.4, 0.5) is 0 Å². The van der Waals surface area contributed by atoms with Crippen molar-refractivity contribution in [1.82, 2.24) is 4.57 Å². The monoisotopic (exact) mass is 231 g/mol. The Morgan fingerprint density at radius 3 is 2.47 bits per heavy atom. The van der Waals surface area contributed by atoms with E-state index < -0.39 is 0 Å². The number of aliphatic hydroxyl groups is 1. The zero-order chi connectivity index (χ0) is 12.1. The number of hydrogen-bond donors (Lipinski definition) is 1. The smallest absolute Gasteiger partial charge is 0.118 e. The van der Waals surface area contributed by atoms with Crippen LogP contribution in [0.2, 0.25) is 0 Å². The van der Waals surface area contributed by atoms with E-state index in [0.717, 1.165) is 24.3 Å². The molecular weight excluding hydrogens is 214 g/mol. The van der Waals surface area contributed by atoms with E-state index in [9.17, 15) is 0 Å². The third kappa shape index (κ3) is 3.11. The van der Waals surface area contributed by atoms with E-state index in [1.54, 1.807) is 7.11 Å². The van der Waals surface area contributed by atoms with E-state index in [1.165, 1.54) is 5.56 Å². The number of aryl methyl sites for hydroxylation is 2. The van der Waals surface area contributed by atoms with Gasteiger partial charge in [0.15, 0.2) is 0 Å². The van der Waals surface area contributed by atoms with Gasteiger partial charge in [0.2, 0.25) is 0 Å². The average molecular weight is 231 g/mol. The molecule has 0 amide bonds. The zero-order valence-corrected chi connectivity index (χ0v) is 9.97. The Kier molecular flexibility index (Phi) is 3.83. The summed E-state index contributed by atoms with van der Waals surface area (Å²) in [6.07, 6.45) is 4.95. The van der Waals surface area contributed by atoms with Gasteiger partial charge in [0.25, 0.3) is 0 Å². The molecule has 17 heavy (non-hydrogen) atoms. The lowest BCUT2D eigenvalue weighted by Crippen LogP contribution is -1.98. The normalized spacial score (nSPS) is 10.5. The molecular formula is C14H17NO2. The van der Waals surface area contributed by atoms with Crippen molar-refractivity contribution in [2.24, 2.45) is 0 Å². The number of benzene rings is 1. The van der Waals surface area contributed by atoms with Crippen LogP contribution in [0.25, 0.3) is 0 Å². The third-order valence-corrected chi connectivity index (χ3v) is 2.81. The van der Waals surface area contributed by atoms with Gasteiger partial charge < -0.3 is 14.4 Å². The molecule has 0 radical (unpaired) electrons. The van der Waals surface area contributed by atoms with Gasteiger partial charge >= 0.3 is 0 Å². The molecule has 90 valence electrons. The number of nitrogens with zero attached hydrogens (tertiary/aromatic N) is 1. The third-order valence-electron chi connectivity index (χ3n) is 2.81. The Balaban J connectivity index is 1.92. The standard InChI is InChI=1S/C14H17NO2/c1-17-14-4-2-12(3-5-14)6-8-15-9-7-13(10-15)11-16/h2-5,7,9-10,16H,6,8,11H2,1H3. The second-order valence-electron chi connectivity index (χ2n) is 4.01. The molecule has 0 unspecified atom stereocenters. The molecule has 0 spiro atoms. The van der Waals surface area contributed by atoms with Crippen LogP contribution in [0.1, 0.15) is 11.1 Å². The fourth-order valence-corrected chi connectivity index (χ4v) is 1.77. The molecule has 2 aromatic rings. The molecule has 1 aromatic heterocycles. The van der Waals surface area contributed by atoms with Crippen LogP contribution < -0.4 is 4.74 Å². The Labute approximate surface area is 101 Å². The molecule has 0 aliphatic heterocycles. The maximum absolute atomic E-state index is 8.97. The molecule has 1 heterocycles. The molecule has 1 N–H and O–H groups in total. The quantitative estimate of drug-likeness (QED) is 0.856. The van der Waals surface area contributed by atoms with E-state index in [0.29, 0.717) is 0 Å². The van der Waals surface area contributed by atoms with Crippen LogP contribution in [0, 0.1) is 0 Å². The largest absolute Gasteiger partial charge is 0.497 e. The highest BCUT2D eigenvalue weighted by atomic mass is 16.5. The van der Waals surface area contributed by atoms with E-state index in [4.69, 9.17) is 9.84 Å². The van der Waals surface area contributed by atoms with Crippen LogP contribution >= 0.6 is 0 Å². The summed E-state index contributed by atoms with van der Waals surface area (Å²) in [4.78, 5) is 0. The highest BCUT2D eigenvalue weighted by Crippen LogP contribution is 2.12. The highest BCUT2D eigenvalue weighted by Gasteiger charge is 1.97. The van der Waals surface area contributed by atoms with Gasteiger partial charge in [-0.05, 0) is 35.7 Å². The Bertz CT molecular complexity index is 459. The van der Waals surface area contributed by atoms with Crippen molar-refractivity contribution < 1.29 is 9.84 Å². The minimum Gasteiger partial charge on any atom is -0.497 e. The Morgan fingerprint density at radius 1 is 1.12 bits per heavy atom. The predicted octanol–water partition coefficient (Wildman–Crippen LogP) is 2.23. The summed E-state index contributed by atoms with van der Waals surface area (Å²) < 4.78 is 7.21.